The van der Waals surface area contributed by atoms with Gasteiger partial charge in [0.25, 0.3) is 0 Å². The molecule has 0 radical (unpaired) electrons. The van der Waals surface area contributed by atoms with E-state index in [0.29, 0.717) is 37.8 Å². The Morgan fingerprint density at radius 3 is 2.38 bits per heavy atom. The SMILES string of the molecule is CCNC(=NCc1ccc(C(F)(F)F)cc1)NCCOC. The lowest BCUT2D eigenvalue weighted by molar-refractivity contribution is -0.137. The number of guanidine groups is 1. The molecule has 0 heterocycles. The summed E-state index contributed by atoms with van der Waals surface area (Å²) in [5.41, 5.74) is 0.0623. The molecule has 0 amide bonds. The standard InChI is InChI=1S/C14H20F3N3O/c1-3-18-13(19-8-9-21-2)20-10-11-4-6-12(7-5-11)14(15,16)17/h4-7H,3,8-10H2,1-2H3,(H2,18,19,20). The fourth-order valence-corrected chi connectivity index (χ4v) is 1.58. The Kier molecular flexibility index (Phi) is 7.01. The Bertz CT molecular complexity index is 444. The van der Waals surface area contributed by atoms with Gasteiger partial charge >= 0.3 is 6.18 Å². The minimum absolute atomic E-state index is 0.306. The smallest absolute Gasteiger partial charge is 0.383 e. The second-order valence-corrected chi connectivity index (χ2v) is 4.31. The monoisotopic (exact) mass is 303 g/mol. The molecule has 0 saturated carbocycles. The summed E-state index contributed by atoms with van der Waals surface area (Å²) in [6.07, 6.45) is -4.31. The van der Waals surface area contributed by atoms with Crippen LogP contribution in [0.15, 0.2) is 29.3 Å². The number of ether oxygens (including phenoxy) is 1. The molecule has 0 bridgehead atoms. The lowest BCUT2D eigenvalue weighted by Gasteiger charge is -2.11. The average Bonchev–Trinajstić information content (AvgIpc) is 2.44. The van der Waals surface area contributed by atoms with Gasteiger partial charge in [-0.05, 0) is 24.6 Å². The molecule has 1 aromatic rings. The van der Waals surface area contributed by atoms with Crippen molar-refractivity contribution in [2.45, 2.75) is 19.6 Å². The molecule has 0 saturated heterocycles. The van der Waals surface area contributed by atoms with Crippen molar-refractivity contribution in [3.8, 4) is 0 Å². The van der Waals surface area contributed by atoms with E-state index in [4.69, 9.17) is 4.74 Å². The van der Waals surface area contributed by atoms with Crippen LogP contribution in [0.1, 0.15) is 18.1 Å². The van der Waals surface area contributed by atoms with Crippen molar-refractivity contribution in [2.75, 3.05) is 26.8 Å². The van der Waals surface area contributed by atoms with Crippen molar-refractivity contribution in [2.24, 2.45) is 4.99 Å². The second kappa shape index (κ2) is 8.51. The first-order chi connectivity index (χ1) is 9.97. The maximum absolute atomic E-state index is 12.4. The fraction of sp³-hybridized carbons (Fsp3) is 0.500. The second-order valence-electron chi connectivity index (χ2n) is 4.31. The highest BCUT2D eigenvalue weighted by atomic mass is 19.4. The average molecular weight is 303 g/mol. The van der Waals surface area contributed by atoms with E-state index in [2.05, 4.69) is 15.6 Å². The Morgan fingerprint density at radius 1 is 1.19 bits per heavy atom. The molecule has 0 fully saturated rings. The first-order valence-electron chi connectivity index (χ1n) is 6.64. The number of hydrogen-bond donors (Lipinski definition) is 2. The Morgan fingerprint density at radius 2 is 1.86 bits per heavy atom. The van der Waals surface area contributed by atoms with Crippen LogP contribution in [0.4, 0.5) is 13.2 Å². The summed E-state index contributed by atoms with van der Waals surface area (Å²) in [4.78, 5) is 4.30. The zero-order valence-electron chi connectivity index (χ0n) is 12.1. The number of alkyl halides is 3. The normalized spacial score (nSPS) is 12.3. The number of hydrogen-bond acceptors (Lipinski definition) is 2. The van der Waals surface area contributed by atoms with Crippen LogP contribution in [-0.2, 0) is 17.5 Å². The largest absolute Gasteiger partial charge is 0.416 e. The summed E-state index contributed by atoms with van der Waals surface area (Å²) in [6.45, 7) is 4.10. The van der Waals surface area contributed by atoms with Gasteiger partial charge in [0.2, 0.25) is 0 Å². The van der Waals surface area contributed by atoms with Gasteiger partial charge in [0.1, 0.15) is 0 Å². The van der Waals surface area contributed by atoms with E-state index in [1.807, 2.05) is 6.92 Å². The van der Waals surface area contributed by atoms with Gasteiger partial charge in [-0.25, -0.2) is 4.99 Å². The molecule has 7 heteroatoms. The van der Waals surface area contributed by atoms with E-state index in [1.165, 1.54) is 12.1 Å². The van der Waals surface area contributed by atoms with Crippen LogP contribution in [0.25, 0.3) is 0 Å². The molecular weight excluding hydrogens is 283 g/mol. The third-order valence-corrected chi connectivity index (χ3v) is 2.64. The van der Waals surface area contributed by atoms with Crippen LogP contribution in [0.2, 0.25) is 0 Å². The van der Waals surface area contributed by atoms with Gasteiger partial charge < -0.3 is 15.4 Å². The van der Waals surface area contributed by atoms with Crippen molar-refractivity contribution in [1.82, 2.24) is 10.6 Å². The Labute approximate surface area is 122 Å². The topological polar surface area (TPSA) is 45.7 Å². The highest BCUT2D eigenvalue weighted by Gasteiger charge is 2.29. The van der Waals surface area contributed by atoms with Crippen LogP contribution in [0.3, 0.4) is 0 Å². The molecule has 0 spiro atoms. The lowest BCUT2D eigenvalue weighted by atomic mass is 10.1. The van der Waals surface area contributed by atoms with E-state index < -0.39 is 11.7 Å². The highest BCUT2D eigenvalue weighted by Crippen LogP contribution is 2.29. The van der Waals surface area contributed by atoms with Gasteiger partial charge in [-0.15, -0.1) is 0 Å². The minimum Gasteiger partial charge on any atom is -0.383 e. The van der Waals surface area contributed by atoms with Crippen molar-refractivity contribution in [3.05, 3.63) is 35.4 Å². The first-order valence-corrected chi connectivity index (χ1v) is 6.64. The Hall–Kier alpha value is -1.76. The van der Waals surface area contributed by atoms with Gasteiger partial charge in [-0.3, -0.25) is 0 Å². The van der Waals surface area contributed by atoms with Gasteiger partial charge in [-0.1, -0.05) is 12.1 Å². The predicted molar refractivity (Wildman–Crippen MR) is 76.1 cm³/mol. The van der Waals surface area contributed by atoms with E-state index in [-0.39, 0.29) is 0 Å². The molecule has 0 aromatic heterocycles. The molecule has 0 unspecified atom stereocenters. The summed E-state index contributed by atoms with van der Waals surface area (Å²) in [7, 11) is 1.61. The number of nitrogens with zero attached hydrogens (tertiary/aromatic N) is 1. The zero-order chi connectivity index (χ0) is 15.7. The molecule has 21 heavy (non-hydrogen) atoms. The molecule has 0 aliphatic rings. The van der Waals surface area contributed by atoms with Gasteiger partial charge in [-0.2, -0.15) is 13.2 Å². The molecule has 0 aliphatic carbocycles. The molecule has 4 nitrogen and oxygen atoms in total. The minimum atomic E-state index is -4.31. The van der Waals surface area contributed by atoms with Crippen molar-refractivity contribution in [1.29, 1.82) is 0 Å². The van der Waals surface area contributed by atoms with Gasteiger partial charge in [0, 0.05) is 20.2 Å². The third kappa shape index (κ3) is 6.48. The highest BCUT2D eigenvalue weighted by molar-refractivity contribution is 5.79. The number of nitrogens with one attached hydrogen (secondary N) is 2. The summed E-state index contributed by atoms with van der Waals surface area (Å²) >= 11 is 0. The van der Waals surface area contributed by atoms with Crippen molar-refractivity contribution < 1.29 is 17.9 Å². The summed E-state index contributed by atoms with van der Waals surface area (Å²) < 4.78 is 42.3. The molecule has 0 aliphatic heterocycles. The first kappa shape index (κ1) is 17.3. The van der Waals surface area contributed by atoms with Crippen LogP contribution in [0.5, 0.6) is 0 Å². The van der Waals surface area contributed by atoms with Crippen LogP contribution < -0.4 is 10.6 Å². The van der Waals surface area contributed by atoms with Crippen LogP contribution >= 0.6 is 0 Å². The maximum Gasteiger partial charge on any atom is 0.416 e. The lowest BCUT2D eigenvalue weighted by Crippen LogP contribution is -2.38. The quantitative estimate of drug-likeness (QED) is 0.482. The summed E-state index contributed by atoms with van der Waals surface area (Å²) in [5, 5.41) is 6.11. The molecule has 118 valence electrons. The number of aliphatic imine (C=N–C) groups is 1. The van der Waals surface area contributed by atoms with E-state index in [0.717, 1.165) is 12.1 Å². The number of rotatable bonds is 6. The van der Waals surface area contributed by atoms with Crippen LogP contribution in [-0.4, -0.2) is 32.8 Å². The molecule has 0 atom stereocenters. The summed E-state index contributed by atoms with van der Waals surface area (Å²) in [5.74, 6) is 0.606. The van der Waals surface area contributed by atoms with Crippen molar-refractivity contribution in [3.63, 3.8) is 0 Å². The van der Waals surface area contributed by atoms with Gasteiger partial charge in [0.15, 0.2) is 5.96 Å². The fourth-order valence-electron chi connectivity index (χ4n) is 1.58. The molecular formula is C14H20F3N3O. The van der Waals surface area contributed by atoms with E-state index >= 15 is 0 Å². The maximum atomic E-state index is 12.4. The molecule has 2 N–H and O–H groups in total. The molecule has 1 rings (SSSR count). The van der Waals surface area contributed by atoms with E-state index in [9.17, 15) is 13.2 Å². The van der Waals surface area contributed by atoms with Crippen LogP contribution in [0, 0.1) is 0 Å². The Balaban J connectivity index is 2.62. The zero-order valence-corrected chi connectivity index (χ0v) is 12.1. The van der Waals surface area contributed by atoms with Gasteiger partial charge in [0.05, 0.1) is 18.7 Å². The number of halogens is 3. The van der Waals surface area contributed by atoms with Crippen molar-refractivity contribution >= 4 is 5.96 Å². The van der Waals surface area contributed by atoms with E-state index in [1.54, 1.807) is 7.11 Å². The predicted octanol–water partition coefficient (Wildman–Crippen LogP) is 2.41. The number of benzene rings is 1. The molecule has 1 aromatic carbocycles. The third-order valence-electron chi connectivity index (χ3n) is 2.64. The number of methoxy groups -OCH3 is 1. The summed E-state index contributed by atoms with van der Waals surface area (Å²) in [6, 6.07) is 5.00.